The molecule has 1 aliphatic rings. The molecule has 3 unspecified atom stereocenters. The third-order valence-electron chi connectivity index (χ3n) is 3.77. The Morgan fingerprint density at radius 1 is 1.44 bits per heavy atom. The van der Waals surface area contributed by atoms with Gasteiger partial charge in [-0.25, -0.2) is 4.39 Å². The van der Waals surface area contributed by atoms with Crippen LogP contribution < -0.4 is 5.73 Å². The van der Waals surface area contributed by atoms with E-state index in [1.165, 1.54) is 6.07 Å². The van der Waals surface area contributed by atoms with E-state index in [4.69, 9.17) is 17.3 Å². The van der Waals surface area contributed by atoms with Gasteiger partial charge in [-0.3, -0.25) is 0 Å². The maximum Gasteiger partial charge on any atom is 0.141 e. The van der Waals surface area contributed by atoms with E-state index in [0.29, 0.717) is 17.9 Å². The molecule has 1 fully saturated rings. The number of nitrogens with two attached hydrogens (primary N) is 1. The molecule has 2 rings (SSSR count). The van der Waals surface area contributed by atoms with E-state index >= 15 is 0 Å². The lowest BCUT2D eigenvalue weighted by molar-refractivity contribution is 0.390. The fraction of sp³-hybridized carbons (Fsp3) is 0.538. The second-order valence-electron chi connectivity index (χ2n) is 4.81. The van der Waals surface area contributed by atoms with Gasteiger partial charge in [-0.1, -0.05) is 24.6 Å². The Morgan fingerprint density at radius 2 is 2.19 bits per heavy atom. The predicted octanol–water partition coefficient (Wildman–Crippen LogP) is 3.40. The smallest absolute Gasteiger partial charge is 0.141 e. The van der Waals surface area contributed by atoms with E-state index in [1.807, 2.05) is 6.07 Å². The Bertz CT molecular complexity index is 380. The minimum Gasteiger partial charge on any atom is -0.327 e. The van der Waals surface area contributed by atoms with Crippen molar-refractivity contribution in [2.75, 3.05) is 0 Å². The lowest BCUT2D eigenvalue weighted by Crippen LogP contribution is -2.25. The third kappa shape index (κ3) is 2.38. The average Bonchev–Trinajstić information content (AvgIpc) is 2.55. The summed E-state index contributed by atoms with van der Waals surface area (Å²) in [5.41, 5.74) is 7.10. The first-order chi connectivity index (χ1) is 7.58. The molecular formula is C13H17ClFN. The molecule has 1 nitrogen and oxygen atoms in total. The first kappa shape index (κ1) is 11.9. The van der Waals surface area contributed by atoms with Crippen molar-refractivity contribution in [1.82, 2.24) is 0 Å². The number of rotatable bonds is 2. The van der Waals surface area contributed by atoms with Crippen LogP contribution in [0.15, 0.2) is 18.2 Å². The van der Waals surface area contributed by atoms with E-state index in [0.717, 1.165) is 24.8 Å². The fourth-order valence-electron chi connectivity index (χ4n) is 2.54. The summed E-state index contributed by atoms with van der Waals surface area (Å²) in [6.45, 7) is 2.20. The normalized spacial score (nSPS) is 29.6. The van der Waals surface area contributed by atoms with Crippen molar-refractivity contribution in [3.05, 3.63) is 34.6 Å². The summed E-state index contributed by atoms with van der Waals surface area (Å²) < 4.78 is 13.0. The Hall–Kier alpha value is -0.600. The van der Waals surface area contributed by atoms with Gasteiger partial charge in [-0.2, -0.15) is 0 Å². The van der Waals surface area contributed by atoms with Crippen LogP contribution in [0.5, 0.6) is 0 Å². The highest BCUT2D eigenvalue weighted by Crippen LogP contribution is 2.33. The van der Waals surface area contributed by atoms with E-state index < -0.39 is 0 Å². The summed E-state index contributed by atoms with van der Waals surface area (Å²) in [6.07, 6.45) is 3.22. The Labute approximate surface area is 101 Å². The fourth-order valence-corrected chi connectivity index (χ4v) is 2.74. The monoisotopic (exact) mass is 241 g/mol. The van der Waals surface area contributed by atoms with E-state index in [9.17, 15) is 4.39 Å². The lowest BCUT2D eigenvalue weighted by Gasteiger charge is -2.18. The first-order valence-electron chi connectivity index (χ1n) is 5.77. The largest absolute Gasteiger partial charge is 0.327 e. The quantitative estimate of drug-likeness (QED) is 0.844. The minimum atomic E-state index is -0.346. The van der Waals surface area contributed by atoms with Crippen molar-refractivity contribution >= 4 is 11.6 Å². The van der Waals surface area contributed by atoms with Gasteiger partial charge in [0, 0.05) is 6.04 Å². The van der Waals surface area contributed by atoms with Crippen molar-refractivity contribution in [3.8, 4) is 0 Å². The summed E-state index contributed by atoms with van der Waals surface area (Å²) in [7, 11) is 0. The Kier molecular flexibility index (Phi) is 3.50. The van der Waals surface area contributed by atoms with Crippen LogP contribution in [0.2, 0.25) is 5.02 Å². The number of hydrogen-bond donors (Lipinski definition) is 1. The summed E-state index contributed by atoms with van der Waals surface area (Å²) >= 11 is 5.76. The predicted molar refractivity (Wildman–Crippen MR) is 65.0 cm³/mol. The van der Waals surface area contributed by atoms with E-state index in [-0.39, 0.29) is 10.8 Å². The van der Waals surface area contributed by atoms with Gasteiger partial charge in [0.2, 0.25) is 0 Å². The van der Waals surface area contributed by atoms with Crippen molar-refractivity contribution < 1.29 is 4.39 Å². The van der Waals surface area contributed by atoms with Gasteiger partial charge in [-0.05, 0) is 48.8 Å². The molecule has 88 valence electrons. The van der Waals surface area contributed by atoms with Crippen molar-refractivity contribution in [2.24, 2.45) is 17.6 Å². The first-order valence-corrected chi connectivity index (χ1v) is 6.15. The third-order valence-corrected chi connectivity index (χ3v) is 4.06. The summed E-state index contributed by atoms with van der Waals surface area (Å²) in [5.74, 6) is 0.807. The van der Waals surface area contributed by atoms with Crippen LogP contribution in [0.3, 0.4) is 0 Å². The van der Waals surface area contributed by atoms with Gasteiger partial charge in [-0.15, -0.1) is 0 Å². The second-order valence-corrected chi connectivity index (χ2v) is 5.22. The van der Waals surface area contributed by atoms with Crippen molar-refractivity contribution in [2.45, 2.75) is 32.2 Å². The van der Waals surface area contributed by atoms with Gasteiger partial charge < -0.3 is 5.73 Å². The summed E-state index contributed by atoms with van der Waals surface area (Å²) in [5, 5.41) is 0.215. The zero-order chi connectivity index (χ0) is 11.7. The molecule has 2 N–H and O–H groups in total. The zero-order valence-corrected chi connectivity index (χ0v) is 10.2. The zero-order valence-electron chi connectivity index (χ0n) is 9.42. The molecule has 0 aliphatic heterocycles. The van der Waals surface area contributed by atoms with Gasteiger partial charge in [0.15, 0.2) is 0 Å². The van der Waals surface area contributed by atoms with Gasteiger partial charge in [0.25, 0.3) is 0 Å². The van der Waals surface area contributed by atoms with Crippen LogP contribution in [-0.2, 0) is 6.42 Å². The van der Waals surface area contributed by atoms with Crippen molar-refractivity contribution in [1.29, 1.82) is 0 Å². The van der Waals surface area contributed by atoms with E-state index in [2.05, 4.69) is 6.92 Å². The van der Waals surface area contributed by atoms with Crippen LogP contribution in [-0.4, -0.2) is 6.04 Å². The highest BCUT2D eigenvalue weighted by Gasteiger charge is 2.30. The topological polar surface area (TPSA) is 26.0 Å². The summed E-state index contributed by atoms with van der Waals surface area (Å²) in [4.78, 5) is 0. The van der Waals surface area contributed by atoms with Gasteiger partial charge >= 0.3 is 0 Å². The number of halogens is 2. The molecule has 0 bridgehead atoms. The lowest BCUT2D eigenvalue weighted by atomic mass is 9.90. The molecule has 1 aromatic rings. The molecule has 0 spiro atoms. The van der Waals surface area contributed by atoms with Crippen LogP contribution in [0.4, 0.5) is 4.39 Å². The Morgan fingerprint density at radius 3 is 2.75 bits per heavy atom. The summed E-state index contributed by atoms with van der Waals surface area (Å²) in [6, 6.07) is 5.31. The SMILES string of the molecule is CC1C(N)CCC1Cc1ccc(F)c(Cl)c1. The minimum absolute atomic E-state index is 0.215. The van der Waals surface area contributed by atoms with Gasteiger partial charge in [0.1, 0.15) is 5.82 Å². The highest BCUT2D eigenvalue weighted by molar-refractivity contribution is 6.30. The molecule has 3 atom stereocenters. The molecule has 1 aromatic carbocycles. The molecule has 0 heterocycles. The van der Waals surface area contributed by atoms with Gasteiger partial charge in [0.05, 0.1) is 5.02 Å². The maximum atomic E-state index is 13.0. The molecule has 1 saturated carbocycles. The average molecular weight is 242 g/mol. The number of hydrogen-bond acceptors (Lipinski definition) is 1. The standard InChI is InChI=1S/C13H17ClFN/c1-8-10(3-5-13(8)16)6-9-2-4-12(15)11(14)7-9/h2,4,7-8,10,13H,3,5-6,16H2,1H3. The molecule has 0 aromatic heterocycles. The number of benzene rings is 1. The molecular weight excluding hydrogens is 225 g/mol. The molecule has 3 heteroatoms. The maximum absolute atomic E-state index is 13.0. The molecule has 1 aliphatic carbocycles. The van der Waals surface area contributed by atoms with Crippen LogP contribution >= 0.6 is 11.6 Å². The molecule has 0 saturated heterocycles. The van der Waals surface area contributed by atoms with E-state index in [1.54, 1.807) is 6.07 Å². The van der Waals surface area contributed by atoms with Crippen LogP contribution in [0.25, 0.3) is 0 Å². The molecule has 16 heavy (non-hydrogen) atoms. The van der Waals surface area contributed by atoms with Crippen LogP contribution in [0, 0.1) is 17.7 Å². The Balaban J connectivity index is 2.07. The molecule has 0 amide bonds. The highest BCUT2D eigenvalue weighted by atomic mass is 35.5. The van der Waals surface area contributed by atoms with Crippen LogP contribution in [0.1, 0.15) is 25.3 Å². The van der Waals surface area contributed by atoms with Crippen molar-refractivity contribution in [3.63, 3.8) is 0 Å². The molecule has 0 radical (unpaired) electrons. The second kappa shape index (κ2) is 4.72.